The molecule has 9 nitrogen and oxygen atoms in total. The first-order chi connectivity index (χ1) is 19.2. The molecule has 0 unspecified atom stereocenters. The average Bonchev–Trinajstić information content (AvgIpc) is 3.35. The summed E-state index contributed by atoms with van der Waals surface area (Å²) in [7, 11) is 2.19. The third-order valence-corrected chi connectivity index (χ3v) is 8.95. The Morgan fingerprint density at radius 1 is 1.12 bits per heavy atom. The lowest BCUT2D eigenvalue weighted by molar-refractivity contribution is 0.0553. The number of nitrogens with zero attached hydrogens (tertiary/aromatic N) is 6. The van der Waals surface area contributed by atoms with E-state index in [9.17, 15) is 9.90 Å². The summed E-state index contributed by atoms with van der Waals surface area (Å²) >= 11 is 0. The fourth-order valence-corrected chi connectivity index (χ4v) is 7.33. The van der Waals surface area contributed by atoms with Gasteiger partial charge in [0.05, 0.1) is 12.2 Å². The molecule has 7 rings (SSSR count). The number of aryl methyl sites for hydroxylation is 2. The fourth-order valence-electron chi connectivity index (χ4n) is 7.33. The molecular weight excluding hydrogens is 502 g/mol. The Kier molecular flexibility index (Phi) is 5.56. The smallest absolute Gasteiger partial charge is 0.278 e. The Hall–Kier alpha value is -3.82. The van der Waals surface area contributed by atoms with Gasteiger partial charge in [-0.25, -0.2) is 19.3 Å². The summed E-state index contributed by atoms with van der Waals surface area (Å²) in [4.78, 5) is 30.0. The van der Waals surface area contributed by atoms with E-state index in [0.717, 1.165) is 37.2 Å². The van der Waals surface area contributed by atoms with Gasteiger partial charge in [-0.3, -0.25) is 4.79 Å². The SMILES string of the molecule is C=CCn1c(=O)c2cnc(Nc3cc4c5c(c3)CN(C)C[C@]5(C)CCC4)nc2n1-c1ccc2c(n1)[C@](C)(O)CC2. The average molecular weight is 538 g/mol. The zero-order valence-electron chi connectivity index (χ0n) is 23.4. The quantitative estimate of drug-likeness (QED) is 0.370. The van der Waals surface area contributed by atoms with Crippen LogP contribution >= 0.6 is 0 Å². The molecule has 0 fully saturated rings. The van der Waals surface area contributed by atoms with Crippen LogP contribution in [0.4, 0.5) is 11.6 Å². The van der Waals surface area contributed by atoms with Gasteiger partial charge in [0.1, 0.15) is 11.0 Å². The first kappa shape index (κ1) is 25.2. The molecule has 40 heavy (non-hydrogen) atoms. The van der Waals surface area contributed by atoms with E-state index in [1.54, 1.807) is 28.6 Å². The van der Waals surface area contributed by atoms with Gasteiger partial charge in [-0.1, -0.05) is 19.1 Å². The Morgan fingerprint density at radius 2 is 1.95 bits per heavy atom. The van der Waals surface area contributed by atoms with Crippen LogP contribution in [0.3, 0.4) is 0 Å². The predicted octanol–water partition coefficient (Wildman–Crippen LogP) is 4.10. The number of aliphatic hydroxyl groups is 1. The molecule has 3 aliphatic rings. The van der Waals surface area contributed by atoms with Crippen LogP contribution in [0.2, 0.25) is 0 Å². The van der Waals surface area contributed by atoms with Crippen LogP contribution < -0.4 is 10.9 Å². The first-order valence-corrected chi connectivity index (χ1v) is 14.1. The van der Waals surface area contributed by atoms with E-state index >= 15 is 0 Å². The van der Waals surface area contributed by atoms with Gasteiger partial charge in [0.2, 0.25) is 5.95 Å². The highest BCUT2D eigenvalue weighted by Crippen LogP contribution is 2.44. The molecule has 3 aromatic heterocycles. The highest BCUT2D eigenvalue weighted by molar-refractivity contribution is 5.77. The Bertz CT molecular complexity index is 1750. The molecule has 2 atom stereocenters. The molecule has 0 radical (unpaired) electrons. The summed E-state index contributed by atoms with van der Waals surface area (Å²) < 4.78 is 3.28. The predicted molar refractivity (Wildman–Crippen MR) is 155 cm³/mol. The van der Waals surface area contributed by atoms with E-state index in [1.165, 1.54) is 29.5 Å². The third-order valence-electron chi connectivity index (χ3n) is 8.95. The summed E-state index contributed by atoms with van der Waals surface area (Å²) in [5.41, 5.74) is 6.36. The molecule has 0 saturated carbocycles. The molecular formula is C31H35N7O2. The van der Waals surface area contributed by atoms with Crippen molar-refractivity contribution >= 4 is 22.7 Å². The minimum Gasteiger partial charge on any atom is -0.384 e. The van der Waals surface area contributed by atoms with Crippen molar-refractivity contribution in [3.05, 3.63) is 81.4 Å². The molecule has 4 heterocycles. The van der Waals surface area contributed by atoms with Crippen molar-refractivity contribution in [2.24, 2.45) is 0 Å². The van der Waals surface area contributed by atoms with Crippen molar-refractivity contribution in [1.29, 1.82) is 0 Å². The number of likely N-dealkylation sites (N-methyl/N-ethyl adjacent to an activating group) is 1. The van der Waals surface area contributed by atoms with E-state index in [1.807, 2.05) is 12.1 Å². The summed E-state index contributed by atoms with van der Waals surface area (Å²) in [6.45, 7) is 10.3. The number of fused-ring (bicyclic) bond motifs is 2. The van der Waals surface area contributed by atoms with E-state index in [0.29, 0.717) is 34.9 Å². The molecule has 4 aromatic rings. The van der Waals surface area contributed by atoms with Crippen molar-refractivity contribution in [2.75, 3.05) is 18.9 Å². The molecule has 1 aromatic carbocycles. The Morgan fingerprint density at radius 3 is 2.77 bits per heavy atom. The number of rotatable bonds is 5. The highest BCUT2D eigenvalue weighted by atomic mass is 16.3. The lowest BCUT2D eigenvalue weighted by atomic mass is 9.67. The van der Waals surface area contributed by atoms with Gasteiger partial charge in [0.15, 0.2) is 11.5 Å². The number of allylic oxidation sites excluding steroid dienone is 1. The highest BCUT2D eigenvalue weighted by Gasteiger charge is 2.39. The molecule has 2 N–H and O–H groups in total. The van der Waals surface area contributed by atoms with Gasteiger partial charge in [-0.2, -0.15) is 4.98 Å². The first-order valence-electron chi connectivity index (χ1n) is 14.1. The second-order valence-electron chi connectivity index (χ2n) is 12.3. The van der Waals surface area contributed by atoms with Crippen molar-refractivity contribution in [2.45, 2.75) is 70.1 Å². The number of pyridine rings is 1. The molecule has 1 aliphatic heterocycles. The molecule has 0 amide bonds. The summed E-state index contributed by atoms with van der Waals surface area (Å²) in [5.74, 6) is 0.945. The van der Waals surface area contributed by atoms with Crippen LogP contribution in [0.5, 0.6) is 0 Å². The van der Waals surface area contributed by atoms with Gasteiger partial charge >= 0.3 is 0 Å². The van der Waals surface area contributed by atoms with Crippen LogP contribution in [-0.4, -0.2) is 47.9 Å². The second-order valence-corrected chi connectivity index (χ2v) is 12.3. The maximum atomic E-state index is 13.4. The normalized spacial score (nSPS) is 23.7. The lowest BCUT2D eigenvalue weighted by Gasteiger charge is -2.45. The molecule has 2 aliphatic carbocycles. The maximum absolute atomic E-state index is 13.4. The molecule has 0 spiro atoms. The van der Waals surface area contributed by atoms with E-state index < -0.39 is 5.60 Å². The van der Waals surface area contributed by atoms with E-state index in [2.05, 4.69) is 47.9 Å². The summed E-state index contributed by atoms with van der Waals surface area (Å²) in [6, 6.07) is 8.34. The molecule has 9 heteroatoms. The monoisotopic (exact) mass is 537 g/mol. The minimum atomic E-state index is -1.00. The van der Waals surface area contributed by atoms with Gasteiger partial charge in [-0.15, -0.1) is 6.58 Å². The van der Waals surface area contributed by atoms with Crippen molar-refractivity contribution in [3.8, 4) is 5.82 Å². The topological polar surface area (TPSA) is 101 Å². The van der Waals surface area contributed by atoms with Gasteiger partial charge < -0.3 is 15.3 Å². The summed E-state index contributed by atoms with van der Waals surface area (Å²) in [6.07, 6.45) is 8.14. The molecule has 206 valence electrons. The second kappa shape index (κ2) is 8.84. The lowest BCUT2D eigenvalue weighted by Crippen LogP contribution is -2.44. The van der Waals surface area contributed by atoms with Crippen molar-refractivity contribution < 1.29 is 5.11 Å². The Labute approximate surface area is 233 Å². The number of hydrogen-bond donors (Lipinski definition) is 2. The van der Waals surface area contributed by atoms with Crippen LogP contribution in [0, 0.1) is 0 Å². The van der Waals surface area contributed by atoms with Gasteiger partial charge in [0, 0.05) is 30.4 Å². The van der Waals surface area contributed by atoms with Crippen LogP contribution in [-0.2, 0) is 36.9 Å². The maximum Gasteiger partial charge on any atom is 0.278 e. The van der Waals surface area contributed by atoms with Gasteiger partial charge in [0.25, 0.3) is 5.56 Å². The minimum absolute atomic E-state index is 0.196. The van der Waals surface area contributed by atoms with E-state index in [-0.39, 0.29) is 17.5 Å². The zero-order chi connectivity index (χ0) is 27.8. The van der Waals surface area contributed by atoms with Crippen LogP contribution in [0.25, 0.3) is 16.9 Å². The Balaban J connectivity index is 1.34. The number of benzene rings is 1. The summed E-state index contributed by atoms with van der Waals surface area (Å²) in [5, 5.41) is 14.7. The van der Waals surface area contributed by atoms with Crippen LogP contribution in [0.15, 0.2) is 47.9 Å². The molecule has 0 bridgehead atoms. The number of aromatic nitrogens is 5. The molecule has 0 saturated heterocycles. The largest absolute Gasteiger partial charge is 0.384 e. The zero-order valence-corrected chi connectivity index (χ0v) is 23.4. The number of hydrogen-bond acceptors (Lipinski definition) is 7. The standard InChI is InChI=1S/C31H35N7O2/c1-5-13-37-28(39)23-16-32-29(35-27(23)38(37)24-9-8-19-10-12-31(3,40)26(19)34-24)33-22-14-20-7-6-11-30(2)18-36(4)17-21(15-22)25(20)30/h5,8-9,14-16,40H,1,6-7,10-13,17-18H2,2-4H3,(H,32,33,35)/t30-,31+/m0/s1. The van der Waals surface area contributed by atoms with Crippen molar-refractivity contribution in [3.63, 3.8) is 0 Å². The van der Waals surface area contributed by atoms with E-state index in [4.69, 9.17) is 9.97 Å². The van der Waals surface area contributed by atoms with Crippen molar-refractivity contribution in [1.82, 2.24) is 29.2 Å². The third kappa shape index (κ3) is 3.83. The fraction of sp³-hybridized carbons (Fsp3) is 0.419. The number of nitrogens with one attached hydrogen (secondary N) is 1. The van der Waals surface area contributed by atoms with Crippen LogP contribution in [0.1, 0.15) is 61.1 Å². The van der Waals surface area contributed by atoms with Gasteiger partial charge in [-0.05, 0) is 86.5 Å². The number of anilines is 2.